The largest absolute Gasteiger partial charge is 0.369 e. The molecule has 4 nitrogen and oxygen atoms in total. The average molecular weight is 259 g/mol. The molecule has 3 heterocycles. The Labute approximate surface area is 109 Å². The number of carbonyl (C=O) groups is 1. The third-order valence-electron chi connectivity index (χ3n) is 3.08. The van der Waals surface area contributed by atoms with Crippen molar-refractivity contribution < 1.29 is 4.79 Å². The molecule has 2 aromatic heterocycles. The molecule has 92 valence electrons. The number of nitrogens with two attached hydrogens (primary N) is 1. The summed E-state index contributed by atoms with van der Waals surface area (Å²) >= 11 is 1.85. The van der Waals surface area contributed by atoms with Crippen LogP contribution in [0.3, 0.4) is 0 Å². The number of hydrogen-bond donors (Lipinski definition) is 1. The predicted molar refractivity (Wildman–Crippen MR) is 71.9 cm³/mol. The molecule has 0 spiro atoms. The van der Waals surface area contributed by atoms with Gasteiger partial charge in [0.1, 0.15) is 0 Å². The molecule has 0 aromatic carbocycles. The maximum Gasteiger partial charge on any atom is 0.221 e. The van der Waals surface area contributed by atoms with E-state index in [1.807, 2.05) is 30.1 Å². The van der Waals surface area contributed by atoms with Crippen molar-refractivity contribution in [3.05, 3.63) is 41.9 Å². The van der Waals surface area contributed by atoms with Crippen LogP contribution in [0, 0.1) is 0 Å². The molecule has 0 radical (unpaired) electrons. The van der Waals surface area contributed by atoms with E-state index >= 15 is 0 Å². The smallest absolute Gasteiger partial charge is 0.221 e. The Balaban J connectivity index is 2.09. The highest BCUT2D eigenvalue weighted by Gasteiger charge is 2.21. The highest BCUT2D eigenvalue weighted by molar-refractivity contribution is 7.97. The molecular weight excluding hydrogens is 246 g/mol. The molecule has 1 aliphatic heterocycles. The Morgan fingerprint density at radius 1 is 1.56 bits per heavy atom. The van der Waals surface area contributed by atoms with Crippen LogP contribution in [0.1, 0.15) is 11.3 Å². The Morgan fingerprint density at radius 3 is 3.17 bits per heavy atom. The van der Waals surface area contributed by atoms with E-state index in [1.54, 1.807) is 6.20 Å². The molecule has 1 aliphatic rings. The average Bonchev–Trinajstić information content (AvgIpc) is 2.93. The number of hydrogen-bond acceptors (Lipinski definition) is 3. The van der Waals surface area contributed by atoms with Gasteiger partial charge in [-0.1, -0.05) is 0 Å². The van der Waals surface area contributed by atoms with Crippen LogP contribution in [0.25, 0.3) is 11.3 Å². The van der Waals surface area contributed by atoms with Crippen molar-refractivity contribution >= 4 is 17.7 Å². The first-order valence-electron chi connectivity index (χ1n) is 5.73. The zero-order chi connectivity index (χ0) is 12.5. The number of rotatable bonds is 3. The van der Waals surface area contributed by atoms with Gasteiger partial charge < -0.3 is 10.3 Å². The first kappa shape index (κ1) is 11.3. The summed E-state index contributed by atoms with van der Waals surface area (Å²) in [7, 11) is 0. The molecule has 18 heavy (non-hydrogen) atoms. The third kappa shape index (κ3) is 1.90. The van der Waals surface area contributed by atoms with Crippen molar-refractivity contribution in [2.45, 2.75) is 18.1 Å². The zero-order valence-corrected chi connectivity index (χ0v) is 10.6. The van der Waals surface area contributed by atoms with Crippen LogP contribution in [0.15, 0.2) is 30.6 Å². The Kier molecular flexibility index (Phi) is 2.83. The van der Waals surface area contributed by atoms with Crippen LogP contribution in [-0.4, -0.2) is 15.5 Å². The summed E-state index contributed by atoms with van der Waals surface area (Å²) in [4.78, 5) is 15.3. The Hall–Kier alpha value is -1.75. The van der Waals surface area contributed by atoms with Gasteiger partial charge in [0.05, 0.1) is 18.0 Å². The fourth-order valence-electron chi connectivity index (χ4n) is 2.29. The number of aromatic nitrogens is 2. The van der Waals surface area contributed by atoms with E-state index in [1.165, 1.54) is 5.69 Å². The second kappa shape index (κ2) is 4.49. The number of primary amides is 1. The van der Waals surface area contributed by atoms with Gasteiger partial charge in [-0.15, -0.1) is 11.8 Å². The van der Waals surface area contributed by atoms with Crippen molar-refractivity contribution in [2.75, 3.05) is 0 Å². The molecule has 0 fully saturated rings. The van der Waals surface area contributed by atoms with Gasteiger partial charge in [0.15, 0.2) is 0 Å². The first-order valence-corrected chi connectivity index (χ1v) is 6.89. The Bertz CT molecular complexity index is 592. The van der Waals surface area contributed by atoms with Crippen molar-refractivity contribution in [2.24, 2.45) is 5.73 Å². The minimum absolute atomic E-state index is 0.280. The molecule has 5 heteroatoms. The fourth-order valence-corrected chi connectivity index (χ4v) is 3.39. The maximum atomic E-state index is 11.1. The van der Waals surface area contributed by atoms with Crippen LogP contribution in [0.4, 0.5) is 0 Å². The summed E-state index contributed by atoms with van der Waals surface area (Å²) in [5.41, 5.74) is 9.77. The summed E-state index contributed by atoms with van der Waals surface area (Å²) in [5, 5.41) is 0. The van der Waals surface area contributed by atoms with Gasteiger partial charge in [0, 0.05) is 29.4 Å². The van der Waals surface area contributed by atoms with E-state index in [-0.39, 0.29) is 5.91 Å². The van der Waals surface area contributed by atoms with Crippen molar-refractivity contribution in [3.63, 3.8) is 0 Å². The SMILES string of the molecule is NC(=O)Cc1cc(-c2cccnc2)n2c1CSC2. The molecule has 0 saturated heterocycles. The van der Waals surface area contributed by atoms with Gasteiger partial charge in [-0.3, -0.25) is 9.78 Å². The van der Waals surface area contributed by atoms with E-state index in [9.17, 15) is 4.79 Å². The van der Waals surface area contributed by atoms with Gasteiger partial charge in [-0.05, 0) is 23.8 Å². The molecule has 0 aliphatic carbocycles. The second-order valence-electron chi connectivity index (χ2n) is 4.29. The van der Waals surface area contributed by atoms with Gasteiger partial charge in [-0.2, -0.15) is 0 Å². The van der Waals surface area contributed by atoms with Crippen LogP contribution in [0.2, 0.25) is 0 Å². The maximum absolute atomic E-state index is 11.1. The summed E-state index contributed by atoms with van der Waals surface area (Å²) in [5.74, 6) is 1.60. The lowest BCUT2D eigenvalue weighted by atomic mass is 10.1. The molecule has 3 rings (SSSR count). The number of nitrogens with zero attached hydrogens (tertiary/aromatic N) is 2. The monoisotopic (exact) mass is 259 g/mol. The fraction of sp³-hybridized carbons (Fsp3) is 0.231. The molecule has 0 atom stereocenters. The van der Waals surface area contributed by atoms with Crippen LogP contribution < -0.4 is 5.73 Å². The van der Waals surface area contributed by atoms with E-state index in [0.29, 0.717) is 6.42 Å². The lowest BCUT2D eigenvalue weighted by molar-refractivity contribution is -0.117. The molecule has 0 bridgehead atoms. The number of amides is 1. The lowest BCUT2D eigenvalue weighted by Crippen LogP contribution is -2.14. The number of fused-ring (bicyclic) bond motifs is 1. The topological polar surface area (TPSA) is 60.9 Å². The van der Waals surface area contributed by atoms with E-state index in [0.717, 1.165) is 28.5 Å². The lowest BCUT2D eigenvalue weighted by Gasteiger charge is -2.04. The minimum atomic E-state index is -0.280. The molecule has 0 unspecified atom stereocenters. The van der Waals surface area contributed by atoms with Gasteiger partial charge >= 0.3 is 0 Å². The Morgan fingerprint density at radius 2 is 2.44 bits per heavy atom. The van der Waals surface area contributed by atoms with Crippen molar-refractivity contribution in [1.82, 2.24) is 9.55 Å². The summed E-state index contributed by atoms with van der Waals surface area (Å²) in [6, 6.07) is 6.02. The molecular formula is C13H13N3OS. The summed E-state index contributed by atoms with van der Waals surface area (Å²) < 4.78 is 2.25. The van der Waals surface area contributed by atoms with E-state index < -0.39 is 0 Å². The van der Waals surface area contributed by atoms with Gasteiger partial charge in [0.25, 0.3) is 0 Å². The predicted octanol–water partition coefficient (Wildman–Crippen LogP) is 1.78. The molecule has 2 N–H and O–H groups in total. The number of pyridine rings is 1. The van der Waals surface area contributed by atoms with Crippen molar-refractivity contribution in [3.8, 4) is 11.3 Å². The zero-order valence-electron chi connectivity index (χ0n) is 9.80. The number of carbonyl (C=O) groups excluding carboxylic acids is 1. The van der Waals surface area contributed by atoms with E-state index in [2.05, 4.69) is 15.6 Å². The summed E-state index contributed by atoms with van der Waals surface area (Å²) in [6.45, 7) is 0. The standard InChI is InChI=1S/C13H13N3OS/c14-13(17)5-10-4-11(9-2-1-3-15-6-9)16-8-18-7-12(10)16/h1-4,6H,5,7-8H2,(H2,14,17). The second-order valence-corrected chi connectivity index (χ2v) is 5.25. The first-order chi connectivity index (χ1) is 8.75. The quantitative estimate of drug-likeness (QED) is 0.914. The normalized spacial score (nSPS) is 13.6. The van der Waals surface area contributed by atoms with Crippen molar-refractivity contribution in [1.29, 1.82) is 0 Å². The highest BCUT2D eigenvalue weighted by atomic mass is 32.2. The molecule has 1 amide bonds. The van der Waals surface area contributed by atoms with E-state index in [4.69, 9.17) is 5.73 Å². The van der Waals surface area contributed by atoms with Gasteiger partial charge in [-0.25, -0.2) is 0 Å². The van der Waals surface area contributed by atoms with Crippen LogP contribution >= 0.6 is 11.8 Å². The third-order valence-corrected chi connectivity index (χ3v) is 4.00. The molecule has 2 aromatic rings. The van der Waals surface area contributed by atoms with Crippen LogP contribution in [-0.2, 0) is 22.8 Å². The number of thioether (sulfide) groups is 1. The minimum Gasteiger partial charge on any atom is -0.369 e. The summed E-state index contributed by atoms with van der Waals surface area (Å²) in [6.07, 6.45) is 3.92. The van der Waals surface area contributed by atoms with Crippen LogP contribution in [0.5, 0.6) is 0 Å². The highest BCUT2D eigenvalue weighted by Crippen LogP contribution is 2.35. The molecule has 0 saturated carbocycles. The van der Waals surface area contributed by atoms with Gasteiger partial charge in [0.2, 0.25) is 5.91 Å².